The fourth-order valence-electron chi connectivity index (χ4n) is 2.47. The molecule has 2 heterocycles. The Morgan fingerprint density at radius 3 is 2.64 bits per heavy atom. The van der Waals surface area contributed by atoms with Crippen molar-refractivity contribution in [1.29, 1.82) is 0 Å². The molecule has 3 rings (SSSR count). The Morgan fingerprint density at radius 1 is 1.32 bits per heavy atom. The number of hydrogen-bond donors (Lipinski definition) is 2. The van der Waals surface area contributed by atoms with Gasteiger partial charge in [0, 0.05) is 29.4 Å². The van der Waals surface area contributed by atoms with Crippen molar-refractivity contribution in [2.75, 3.05) is 11.9 Å². The second-order valence-electron chi connectivity index (χ2n) is 5.58. The predicted octanol–water partition coefficient (Wildman–Crippen LogP) is 3.62. The van der Waals surface area contributed by atoms with Crippen LogP contribution < -0.4 is 5.32 Å². The molecule has 7 nitrogen and oxygen atoms in total. The van der Waals surface area contributed by atoms with Gasteiger partial charge in [0.05, 0.1) is 12.0 Å². The first-order valence-electron chi connectivity index (χ1n) is 7.68. The molecular weight excluding hydrogens is 344 g/mol. The number of carbonyl (C=O) groups is 1. The summed E-state index contributed by atoms with van der Waals surface area (Å²) < 4.78 is 7.25. The zero-order valence-electron chi connectivity index (χ0n) is 13.8. The average Bonchev–Trinajstić information content (AvgIpc) is 3.14. The SMILES string of the molecule is Cc1ncn(CCNc2noc(-c3ccc(Cl)cc3)c2C(=O)O)c1C. The van der Waals surface area contributed by atoms with Crippen molar-refractivity contribution in [3.63, 3.8) is 0 Å². The summed E-state index contributed by atoms with van der Waals surface area (Å²) in [6.07, 6.45) is 1.76. The number of anilines is 1. The largest absolute Gasteiger partial charge is 0.477 e. The highest BCUT2D eigenvalue weighted by atomic mass is 35.5. The lowest BCUT2D eigenvalue weighted by Gasteiger charge is -2.07. The van der Waals surface area contributed by atoms with E-state index in [9.17, 15) is 9.90 Å². The average molecular weight is 361 g/mol. The summed E-state index contributed by atoms with van der Waals surface area (Å²) in [5.41, 5.74) is 2.64. The zero-order valence-corrected chi connectivity index (χ0v) is 14.5. The van der Waals surface area contributed by atoms with Crippen molar-refractivity contribution < 1.29 is 14.4 Å². The van der Waals surface area contributed by atoms with Crippen molar-refractivity contribution in [3.05, 3.63) is 52.6 Å². The minimum atomic E-state index is -1.11. The van der Waals surface area contributed by atoms with E-state index in [4.69, 9.17) is 16.1 Å². The number of hydrogen-bond acceptors (Lipinski definition) is 5. The van der Waals surface area contributed by atoms with Crippen LogP contribution in [0.5, 0.6) is 0 Å². The van der Waals surface area contributed by atoms with E-state index < -0.39 is 5.97 Å². The Morgan fingerprint density at radius 2 is 2.04 bits per heavy atom. The number of aryl methyl sites for hydroxylation is 1. The van der Waals surface area contributed by atoms with Gasteiger partial charge in [0.2, 0.25) is 0 Å². The molecule has 0 aliphatic carbocycles. The highest BCUT2D eigenvalue weighted by molar-refractivity contribution is 6.30. The summed E-state index contributed by atoms with van der Waals surface area (Å²) in [6, 6.07) is 6.72. The van der Waals surface area contributed by atoms with E-state index in [2.05, 4.69) is 15.5 Å². The maximum Gasteiger partial charge on any atom is 0.343 e. The number of aromatic carboxylic acids is 1. The predicted molar refractivity (Wildman–Crippen MR) is 94.1 cm³/mol. The van der Waals surface area contributed by atoms with Crippen LogP contribution in [0.2, 0.25) is 5.02 Å². The van der Waals surface area contributed by atoms with Crippen LogP contribution in [0.25, 0.3) is 11.3 Å². The summed E-state index contributed by atoms with van der Waals surface area (Å²) in [6.45, 7) is 5.05. The van der Waals surface area contributed by atoms with Gasteiger partial charge in [-0.15, -0.1) is 0 Å². The van der Waals surface area contributed by atoms with E-state index in [-0.39, 0.29) is 17.1 Å². The fraction of sp³-hybridized carbons (Fsp3) is 0.235. The molecule has 25 heavy (non-hydrogen) atoms. The van der Waals surface area contributed by atoms with Gasteiger partial charge in [0.25, 0.3) is 0 Å². The van der Waals surface area contributed by atoms with Crippen LogP contribution in [-0.2, 0) is 6.54 Å². The second kappa shape index (κ2) is 6.98. The van der Waals surface area contributed by atoms with Gasteiger partial charge in [0.15, 0.2) is 17.1 Å². The standard InChI is InChI=1S/C17H17ClN4O3/c1-10-11(2)22(9-20-10)8-7-19-16-14(17(23)24)15(25-21-16)12-3-5-13(18)6-4-12/h3-6,9H,7-8H2,1-2H3,(H,19,21)(H,23,24). The molecule has 0 bridgehead atoms. The minimum absolute atomic E-state index is 0.000793. The fourth-order valence-corrected chi connectivity index (χ4v) is 2.60. The summed E-state index contributed by atoms with van der Waals surface area (Å²) >= 11 is 5.87. The van der Waals surface area contributed by atoms with Crippen LogP contribution in [0, 0.1) is 13.8 Å². The molecule has 0 amide bonds. The summed E-state index contributed by atoms with van der Waals surface area (Å²) in [4.78, 5) is 15.9. The number of rotatable bonds is 6. The van der Waals surface area contributed by atoms with E-state index >= 15 is 0 Å². The van der Waals surface area contributed by atoms with Gasteiger partial charge in [-0.05, 0) is 38.1 Å². The third-order valence-electron chi connectivity index (χ3n) is 4.00. The number of halogens is 1. The Hall–Kier alpha value is -2.80. The molecule has 0 atom stereocenters. The van der Waals surface area contributed by atoms with Crippen molar-refractivity contribution >= 4 is 23.4 Å². The number of nitrogens with one attached hydrogen (secondary N) is 1. The Kier molecular flexibility index (Phi) is 4.76. The summed E-state index contributed by atoms with van der Waals surface area (Å²) in [5, 5.41) is 17.0. The lowest BCUT2D eigenvalue weighted by Crippen LogP contribution is -2.13. The molecule has 130 valence electrons. The van der Waals surface area contributed by atoms with Crippen LogP contribution in [0.3, 0.4) is 0 Å². The molecule has 0 aliphatic heterocycles. The highest BCUT2D eigenvalue weighted by Crippen LogP contribution is 2.30. The first kappa shape index (κ1) is 17.0. The normalized spacial score (nSPS) is 10.8. The number of benzene rings is 1. The molecule has 0 fully saturated rings. The summed E-state index contributed by atoms with van der Waals surface area (Å²) in [5.74, 6) is -0.711. The van der Waals surface area contributed by atoms with Gasteiger partial charge in [-0.2, -0.15) is 0 Å². The second-order valence-corrected chi connectivity index (χ2v) is 6.02. The molecule has 0 saturated carbocycles. The van der Waals surface area contributed by atoms with Crippen molar-refractivity contribution in [2.45, 2.75) is 20.4 Å². The molecule has 2 aromatic heterocycles. The smallest absolute Gasteiger partial charge is 0.343 e. The minimum Gasteiger partial charge on any atom is -0.477 e. The van der Waals surface area contributed by atoms with Crippen LogP contribution in [-0.4, -0.2) is 32.3 Å². The lowest BCUT2D eigenvalue weighted by molar-refractivity contribution is 0.0698. The molecule has 0 unspecified atom stereocenters. The van der Waals surface area contributed by atoms with E-state index in [0.717, 1.165) is 11.4 Å². The van der Waals surface area contributed by atoms with E-state index in [0.29, 0.717) is 23.7 Å². The number of carboxylic acid groups (broad SMARTS) is 1. The topological polar surface area (TPSA) is 93.2 Å². The number of imidazole rings is 1. The van der Waals surface area contributed by atoms with Gasteiger partial charge in [-0.25, -0.2) is 9.78 Å². The molecule has 0 aliphatic rings. The van der Waals surface area contributed by atoms with E-state index in [1.165, 1.54) is 0 Å². The van der Waals surface area contributed by atoms with E-state index in [1.54, 1.807) is 30.6 Å². The van der Waals surface area contributed by atoms with Crippen LogP contribution in [0.4, 0.5) is 5.82 Å². The van der Waals surface area contributed by atoms with Crippen molar-refractivity contribution in [1.82, 2.24) is 14.7 Å². The number of aromatic nitrogens is 3. The maximum atomic E-state index is 11.7. The molecule has 3 aromatic rings. The van der Waals surface area contributed by atoms with Crippen LogP contribution >= 0.6 is 11.6 Å². The molecule has 2 N–H and O–H groups in total. The Bertz CT molecular complexity index is 899. The van der Waals surface area contributed by atoms with Gasteiger partial charge in [-0.3, -0.25) is 0 Å². The number of carboxylic acids is 1. The first-order chi connectivity index (χ1) is 12.0. The first-order valence-corrected chi connectivity index (χ1v) is 8.06. The molecule has 8 heteroatoms. The molecular formula is C17H17ClN4O3. The van der Waals surface area contributed by atoms with E-state index in [1.807, 2.05) is 18.4 Å². The Balaban J connectivity index is 1.79. The lowest BCUT2D eigenvalue weighted by atomic mass is 10.1. The molecule has 0 radical (unpaired) electrons. The van der Waals surface area contributed by atoms with Crippen LogP contribution in [0.15, 0.2) is 35.1 Å². The van der Waals surface area contributed by atoms with Gasteiger partial charge < -0.3 is 19.5 Å². The van der Waals surface area contributed by atoms with Crippen LogP contribution in [0.1, 0.15) is 21.7 Å². The third-order valence-corrected chi connectivity index (χ3v) is 4.25. The van der Waals surface area contributed by atoms with Gasteiger partial charge in [-0.1, -0.05) is 16.8 Å². The van der Waals surface area contributed by atoms with Crippen molar-refractivity contribution in [2.24, 2.45) is 0 Å². The molecule has 0 saturated heterocycles. The van der Waals surface area contributed by atoms with Gasteiger partial charge >= 0.3 is 5.97 Å². The zero-order chi connectivity index (χ0) is 18.0. The third kappa shape index (κ3) is 3.51. The maximum absolute atomic E-state index is 11.7. The number of nitrogens with zero attached hydrogens (tertiary/aromatic N) is 3. The van der Waals surface area contributed by atoms with Gasteiger partial charge in [0.1, 0.15) is 0 Å². The van der Waals surface area contributed by atoms with Crippen molar-refractivity contribution in [3.8, 4) is 11.3 Å². The Labute approximate surface area is 149 Å². The molecule has 1 aromatic carbocycles. The monoisotopic (exact) mass is 360 g/mol. The highest BCUT2D eigenvalue weighted by Gasteiger charge is 2.23. The molecule has 0 spiro atoms. The quantitative estimate of drug-likeness (QED) is 0.697. The summed E-state index contributed by atoms with van der Waals surface area (Å²) in [7, 11) is 0.